The normalized spacial score (nSPS) is 29.1. The molecule has 1 aliphatic heterocycles. The summed E-state index contributed by atoms with van der Waals surface area (Å²) in [7, 11) is 0. The van der Waals surface area contributed by atoms with Crippen molar-refractivity contribution in [3.8, 4) is 0 Å². The van der Waals surface area contributed by atoms with Gasteiger partial charge in [0.25, 0.3) is 0 Å². The summed E-state index contributed by atoms with van der Waals surface area (Å²) in [5.74, 6) is 1.42. The van der Waals surface area contributed by atoms with Crippen molar-refractivity contribution in [1.29, 1.82) is 0 Å². The first kappa shape index (κ1) is 23.1. The molecule has 0 saturated carbocycles. The zero-order valence-corrected chi connectivity index (χ0v) is 19.6. The second-order valence-corrected chi connectivity index (χ2v) is 10.7. The van der Waals surface area contributed by atoms with Crippen LogP contribution in [0.1, 0.15) is 59.8 Å². The Morgan fingerprint density at radius 1 is 1.27 bits per heavy atom. The number of hydrogen-bond acceptors (Lipinski definition) is 2. The zero-order valence-electron chi connectivity index (χ0n) is 18.9. The number of allylic oxidation sites excluding steroid dienone is 6. The van der Waals surface area contributed by atoms with Crippen LogP contribution in [-0.4, -0.2) is 35.8 Å². The van der Waals surface area contributed by atoms with Gasteiger partial charge in [0.15, 0.2) is 0 Å². The Morgan fingerprint density at radius 2 is 2.03 bits per heavy atom. The van der Waals surface area contributed by atoms with Crippen molar-refractivity contribution in [1.82, 2.24) is 10.2 Å². The number of carbonyl (C=O) groups excluding carboxylic acids is 2. The summed E-state index contributed by atoms with van der Waals surface area (Å²) in [5.41, 5.74) is 0.0146. The topological polar surface area (TPSA) is 49.4 Å². The maximum atomic E-state index is 13.4. The lowest BCUT2D eigenvalue weighted by Crippen LogP contribution is -2.57. The van der Waals surface area contributed by atoms with Crippen LogP contribution in [0.5, 0.6) is 0 Å². The molecule has 5 heteroatoms. The van der Waals surface area contributed by atoms with Gasteiger partial charge >= 0.3 is 0 Å². The van der Waals surface area contributed by atoms with Crippen molar-refractivity contribution in [3.63, 3.8) is 0 Å². The standard InChI is InChI=1S/C25H37ClN2O2/c1-17(2)23(27-22(29)15-18-7-5-6-8-18)24(30)28-14-13-21(25(3,4)16-28)19-9-11-20(26)12-10-19/h5,7,9,11-12,17-19,21,23H,6,8,10,13-16H2,1-4H3,(H,27,29)/t18?,19?,21-,23-/m1/s1. The molecule has 1 heterocycles. The van der Waals surface area contributed by atoms with Crippen LogP contribution in [0.3, 0.4) is 0 Å². The molecular formula is C25H37ClN2O2. The van der Waals surface area contributed by atoms with Gasteiger partial charge in [0.2, 0.25) is 11.8 Å². The number of rotatable bonds is 6. The number of nitrogens with zero attached hydrogens (tertiary/aromatic N) is 1. The molecule has 0 radical (unpaired) electrons. The van der Waals surface area contributed by atoms with Crippen molar-refractivity contribution >= 4 is 23.4 Å². The monoisotopic (exact) mass is 432 g/mol. The lowest BCUT2D eigenvalue weighted by atomic mass is 9.66. The molecule has 0 aromatic carbocycles. The number of nitrogens with one attached hydrogen (secondary N) is 1. The summed E-state index contributed by atoms with van der Waals surface area (Å²) in [5, 5.41) is 3.87. The van der Waals surface area contributed by atoms with Crippen LogP contribution in [0, 0.1) is 29.1 Å². The summed E-state index contributed by atoms with van der Waals surface area (Å²) < 4.78 is 0. The first-order valence-corrected chi connectivity index (χ1v) is 11.8. The molecule has 4 nitrogen and oxygen atoms in total. The second kappa shape index (κ2) is 9.72. The van der Waals surface area contributed by atoms with Gasteiger partial charge in [-0.05, 0) is 60.8 Å². The molecule has 1 saturated heterocycles. The fraction of sp³-hybridized carbons (Fsp3) is 0.680. The Labute approximate surface area is 186 Å². The quantitative estimate of drug-likeness (QED) is 0.596. The lowest BCUT2D eigenvalue weighted by molar-refractivity contribution is -0.142. The highest BCUT2D eigenvalue weighted by Crippen LogP contribution is 2.43. The molecule has 0 spiro atoms. The summed E-state index contributed by atoms with van der Waals surface area (Å²) in [6, 6.07) is -0.452. The minimum atomic E-state index is -0.452. The van der Waals surface area contributed by atoms with Crippen molar-refractivity contribution in [2.24, 2.45) is 29.1 Å². The highest BCUT2D eigenvalue weighted by atomic mass is 35.5. The Morgan fingerprint density at radius 3 is 2.60 bits per heavy atom. The summed E-state index contributed by atoms with van der Waals surface area (Å²) in [6.45, 7) is 10.0. The van der Waals surface area contributed by atoms with E-state index in [1.165, 1.54) is 0 Å². The summed E-state index contributed by atoms with van der Waals surface area (Å²) in [4.78, 5) is 27.9. The maximum Gasteiger partial charge on any atom is 0.245 e. The fourth-order valence-corrected chi connectivity index (χ4v) is 5.47. The molecule has 30 heavy (non-hydrogen) atoms. The SMILES string of the molecule is CC(C)[C@@H](NC(=O)CC1C=CCC1)C(=O)N1CC[C@H](C2C=CC(Cl)=CC2)C(C)(C)C1. The number of halogens is 1. The summed E-state index contributed by atoms with van der Waals surface area (Å²) in [6.07, 6.45) is 15.1. The Bertz CT molecular complexity index is 737. The molecule has 0 bridgehead atoms. The molecular weight excluding hydrogens is 396 g/mol. The Kier molecular flexibility index (Phi) is 7.49. The number of likely N-dealkylation sites (tertiary alicyclic amines) is 1. The molecule has 2 amide bonds. The highest BCUT2D eigenvalue weighted by molar-refractivity contribution is 6.31. The van der Waals surface area contributed by atoms with Crippen LogP contribution >= 0.6 is 11.6 Å². The van der Waals surface area contributed by atoms with E-state index in [9.17, 15) is 9.59 Å². The third-order valence-corrected chi connectivity index (χ3v) is 7.32. The van der Waals surface area contributed by atoms with Crippen LogP contribution in [0.2, 0.25) is 0 Å². The van der Waals surface area contributed by atoms with Crippen molar-refractivity contribution < 1.29 is 9.59 Å². The highest BCUT2D eigenvalue weighted by Gasteiger charge is 2.42. The third kappa shape index (κ3) is 5.57. The number of amides is 2. The van der Waals surface area contributed by atoms with Gasteiger partial charge < -0.3 is 10.2 Å². The smallest absolute Gasteiger partial charge is 0.245 e. The van der Waals surface area contributed by atoms with E-state index < -0.39 is 6.04 Å². The van der Waals surface area contributed by atoms with Crippen molar-refractivity contribution in [2.75, 3.05) is 13.1 Å². The molecule has 0 aromatic heterocycles. The van der Waals surface area contributed by atoms with E-state index in [0.29, 0.717) is 24.2 Å². The van der Waals surface area contributed by atoms with Crippen LogP contribution < -0.4 is 5.32 Å². The molecule has 3 rings (SSSR count). The molecule has 1 N–H and O–H groups in total. The van der Waals surface area contributed by atoms with Gasteiger partial charge in [-0.25, -0.2) is 0 Å². The van der Waals surface area contributed by atoms with E-state index in [1.807, 2.05) is 24.8 Å². The predicted octanol–water partition coefficient (Wildman–Crippen LogP) is 5.06. The van der Waals surface area contributed by atoms with Crippen LogP contribution in [-0.2, 0) is 9.59 Å². The van der Waals surface area contributed by atoms with E-state index in [1.54, 1.807) is 0 Å². The van der Waals surface area contributed by atoms with Gasteiger partial charge in [-0.2, -0.15) is 0 Å². The maximum absolute atomic E-state index is 13.4. The van der Waals surface area contributed by atoms with Crippen molar-refractivity contribution in [3.05, 3.63) is 35.4 Å². The van der Waals surface area contributed by atoms with Crippen LogP contribution in [0.25, 0.3) is 0 Å². The molecule has 0 aromatic rings. The molecule has 2 unspecified atom stereocenters. The summed E-state index contributed by atoms with van der Waals surface area (Å²) >= 11 is 6.10. The first-order valence-electron chi connectivity index (χ1n) is 11.5. The number of piperidine rings is 1. The Hall–Kier alpha value is -1.55. The predicted molar refractivity (Wildman–Crippen MR) is 123 cm³/mol. The van der Waals surface area contributed by atoms with Crippen molar-refractivity contribution in [2.45, 2.75) is 65.8 Å². The third-order valence-electron chi connectivity index (χ3n) is 7.04. The van der Waals surface area contributed by atoms with Gasteiger partial charge in [0.05, 0.1) is 0 Å². The molecule has 166 valence electrons. The van der Waals surface area contributed by atoms with Crippen LogP contribution in [0.4, 0.5) is 0 Å². The zero-order chi connectivity index (χ0) is 21.9. The lowest BCUT2D eigenvalue weighted by Gasteiger charge is -2.48. The molecule has 2 aliphatic carbocycles. The minimum absolute atomic E-state index is 0.0104. The van der Waals surface area contributed by atoms with E-state index in [2.05, 4.69) is 43.5 Å². The van der Waals surface area contributed by atoms with Gasteiger partial charge in [0.1, 0.15) is 6.04 Å². The second-order valence-electron chi connectivity index (χ2n) is 10.3. The molecule has 4 atom stereocenters. The average Bonchev–Trinajstić information content (AvgIpc) is 3.18. The van der Waals surface area contributed by atoms with E-state index >= 15 is 0 Å². The Balaban J connectivity index is 1.61. The van der Waals surface area contributed by atoms with Gasteiger partial charge in [-0.1, -0.05) is 63.6 Å². The van der Waals surface area contributed by atoms with E-state index in [-0.39, 0.29) is 23.1 Å². The van der Waals surface area contributed by atoms with E-state index in [4.69, 9.17) is 11.6 Å². The van der Waals surface area contributed by atoms with Gasteiger partial charge in [0, 0.05) is 24.5 Å². The minimum Gasteiger partial charge on any atom is -0.344 e. The van der Waals surface area contributed by atoms with Gasteiger partial charge in [-0.15, -0.1) is 0 Å². The number of hydrogen-bond donors (Lipinski definition) is 1. The largest absolute Gasteiger partial charge is 0.344 e. The van der Waals surface area contributed by atoms with E-state index in [0.717, 1.165) is 43.8 Å². The van der Waals surface area contributed by atoms with Gasteiger partial charge in [-0.3, -0.25) is 9.59 Å². The fourth-order valence-electron chi connectivity index (χ4n) is 5.31. The molecule has 1 fully saturated rings. The number of carbonyl (C=O) groups is 2. The first-order chi connectivity index (χ1) is 14.2. The van der Waals surface area contributed by atoms with Crippen LogP contribution in [0.15, 0.2) is 35.4 Å². The molecule has 3 aliphatic rings. The average molecular weight is 433 g/mol.